The van der Waals surface area contributed by atoms with Gasteiger partial charge in [-0.05, 0) is 30.3 Å². The molecule has 1 aliphatic rings. The Morgan fingerprint density at radius 2 is 1.40 bits per heavy atom. The molecule has 0 fully saturated rings. The summed E-state index contributed by atoms with van der Waals surface area (Å²) in [6, 6.07) is 9.32. The van der Waals surface area contributed by atoms with Crippen LogP contribution in [-0.4, -0.2) is 11.8 Å². The van der Waals surface area contributed by atoms with E-state index in [1.54, 1.807) is 24.3 Å². The lowest BCUT2D eigenvalue weighted by atomic mass is 10.1. The Hall–Kier alpha value is -1.55. The predicted molar refractivity (Wildman–Crippen MR) is 79.1 cm³/mol. The van der Waals surface area contributed by atoms with Gasteiger partial charge in [-0.1, -0.05) is 40.9 Å². The zero-order chi connectivity index (χ0) is 14.4. The minimum atomic E-state index is -0.484. The standard InChI is InChI=1S/C14H6Cl3NO2/c15-7-4-5-8-9(6-7)14(20)18(13(8)19)12-10(16)2-1-3-11(12)17/h1-6H. The lowest BCUT2D eigenvalue weighted by Crippen LogP contribution is -2.29. The molecule has 0 spiro atoms. The first kappa shape index (κ1) is 13.4. The summed E-state index contributed by atoms with van der Waals surface area (Å²) < 4.78 is 0. The van der Waals surface area contributed by atoms with Gasteiger partial charge in [0.25, 0.3) is 11.8 Å². The van der Waals surface area contributed by atoms with Crippen LogP contribution in [0, 0.1) is 0 Å². The number of nitrogens with zero attached hydrogens (tertiary/aromatic N) is 1. The molecule has 2 aromatic carbocycles. The molecule has 100 valence electrons. The normalized spacial score (nSPS) is 13.8. The quantitative estimate of drug-likeness (QED) is 0.726. The molecule has 0 aliphatic carbocycles. The number of hydrogen-bond acceptors (Lipinski definition) is 2. The maximum absolute atomic E-state index is 12.4. The van der Waals surface area contributed by atoms with Crippen molar-refractivity contribution in [2.24, 2.45) is 0 Å². The van der Waals surface area contributed by atoms with Gasteiger partial charge in [0.1, 0.15) is 0 Å². The number of fused-ring (bicyclic) bond motifs is 1. The predicted octanol–water partition coefficient (Wildman–Crippen LogP) is 4.45. The van der Waals surface area contributed by atoms with Crippen LogP contribution in [-0.2, 0) is 0 Å². The number of rotatable bonds is 1. The van der Waals surface area contributed by atoms with E-state index < -0.39 is 11.8 Å². The van der Waals surface area contributed by atoms with Crippen LogP contribution >= 0.6 is 34.8 Å². The molecule has 0 saturated carbocycles. The van der Waals surface area contributed by atoms with Crippen LogP contribution in [0.2, 0.25) is 15.1 Å². The van der Waals surface area contributed by atoms with Gasteiger partial charge in [0.15, 0.2) is 0 Å². The van der Waals surface area contributed by atoms with Gasteiger partial charge in [0, 0.05) is 5.02 Å². The van der Waals surface area contributed by atoms with Crippen LogP contribution < -0.4 is 4.90 Å². The van der Waals surface area contributed by atoms with Gasteiger partial charge in [0.05, 0.1) is 26.9 Å². The van der Waals surface area contributed by atoms with Crippen molar-refractivity contribution in [1.29, 1.82) is 0 Å². The molecule has 2 aromatic rings. The van der Waals surface area contributed by atoms with Crippen LogP contribution in [0.3, 0.4) is 0 Å². The SMILES string of the molecule is O=C1c2ccc(Cl)cc2C(=O)N1c1c(Cl)cccc1Cl. The molecule has 0 N–H and O–H groups in total. The van der Waals surface area contributed by atoms with E-state index in [2.05, 4.69) is 0 Å². The average Bonchev–Trinajstić information content (AvgIpc) is 2.63. The number of anilines is 1. The van der Waals surface area contributed by atoms with Crippen molar-refractivity contribution >= 4 is 52.3 Å². The van der Waals surface area contributed by atoms with Crippen LogP contribution in [0.25, 0.3) is 0 Å². The van der Waals surface area contributed by atoms with E-state index in [4.69, 9.17) is 34.8 Å². The molecule has 1 aliphatic heterocycles. The highest BCUT2D eigenvalue weighted by Crippen LogP contribution is 2.38. The van der Waals surface area contributed by atoms with Gasteiger partial charge < -0.3 is 0 Å². The topological polar surface area (TPSA) is 37.4 Å². The summed E-state index contributed by atoms with van der Waals surface area (Å²) in [7, 11) is 0. The third kappa shape index (κ3) is 1.90. The monoisotopic (exact) mass is 325 g/mol. The van der Waals surface area contributed by atoms with Crippen molar-refractivity contribution in [2.75, 3.05) is 4.90 Å². The fourth-order valence-corrected chi connectivity index (χ4v) is 2.86. The molecular formula is C14H6Cl3NO2. The van der Waals surface area contributed by atoms with Crippen LogP contribution in [0.1, 0.15) is 20.7 Å². The number of hydrogen-bond donors (Lipinski definition) is 0. The Labute approximate surface area is 129 Å². The molecule has 0 saturated heterocycles. The Bertz CT molecular complexity index is 738. The zero-order valence-corrected chi connectivity index (χ0v) is 12.1. The Balaban J connectivity index is 2.20. The number of carbonyl (C=O) groups is 2. The molecule has 0 atom stereocenters. The summed E-state index contributed by atoms with van der Waals surface area (Å²) in [6.07, 6.45) is 0. The third-order valence-corrected chi connectivity index (χ3v) is 3.85. The van der Waals surface area contributed by atoms with E-state index in [1.165, 1.54) is 12.1 Å². The van der Waals surface area contributed by atoms with E-state index in [0.717, 1.165) is 4.90 Å². The zero-order valence-electron chi connectivity index (χ0n) is 9.86. The summed E-state index contributed by atoms with van der Waals surface area (Å²) in [5.74, 6) is -0.945. The molecule has 1 heterocycles. The highest BCUT2D eigenvalue weighted by atomic mass is 35.5. The summed E-state index contributed by atoms with van der Waals surface area (Å²) in [6.45, 7) is 0. The first-order valence-corrected chi connectivity index (χ1v) is 6.76. The second kappa shape index (κ2) is 4.77. The van der Waals surface area contributed by atoms with E-state index in [0.29, 0.717) is 5.02 Å². The lowest BCUT2D eigenvalue weighted by molar-refractivity contribution is 0.0926. The fraction of sp³-hybridized carbons (Fsp3) is 0. The minimum Gasteiger partial charge on any atom is -0.268 e. The molecule has 6 heteroatoms. The number of imide groups is 1. The van der Waals surface area contributed by atoms with Crippen molar-refractivity contribution in [3.63, 3.8) is 0 Å². The van der Waals surface area contributed by atoms with Gasteiger partial charge in [-0.3, -0.25) is 9.59 Å². The van der Waals surface area contributed by atoms with E-state index in [-0.39, 0.29) is 26.9 Å². The van der Waals surface area contributed by atoms with Crippen molar-refractivity contribution < 1.29 is 9.59 Å². The Morgan fingerprint density at radius 3 is 2.05 bits per heavy atom. The van der Waals surface area contributed by atoms with Crippen molar-refractivity contribution in [3.05, 3.63) is 62.6 Å². The molecule has 2 amide bonds. The Morgan fingerprint density at radius 1 is 0.800 bits per heavy atom. The lowest BCUT2D eigenvalue weighted by Gasteiger charge is -2.16. The Kier molecular flexibility index (Phi) is 3.21. The highest BCUT2D eigenvalue weighted by Gasteiger charge is 2.38. The van der Waals surface area contributed by atoms with Crippen molar-refractivity contribution in [1.82, 2.24) is 0 Å². The average molecular weight is 327 g/mol. The van der Waals surface area contributed by atoms with E-state index in [1.807, 2.05) is 0 Å². The second-order valence-corrected chi connectivity index (χ2v) is 5.46. The van der Waals surface area contributed by atoms with Gasteiger partial charge in [-0.2, -0.15) is 0 Å². The number of halogens is 3. The third-order valence-electron chi connectivity index (χ3n) is 3.01. The smallest absolute Gasteiger partial charge is 0.266 e. The molecule has 3 rings (SSSR count). The summed E-state index contributed by atoms with van der Waals surface area (Å²) in [5.41, 5.74) is 0.729. The maximum atomic E-state index is 12.4. The summed E-state index contributed by atoms with van der Waals surface area (Å²) in [4.78, 5) is 25.7. The summed E-state index contributed by atoms with van der Waals surface area (Å²) in [5, 5.41) is 0.855. The van der Waals surface area contributed by atoms with Crippen molar-refractivity contribution in [2.45, 2.75) is 0 Å². The first-order chi connectivity index (χ1) is 9.50. The van der Waals surface area contributed by atoms with Crippen LogP contribution in [0.4, 0.5) is 5.69 Å². The van der Waals surface area contributed by atoms with Gasteiger partial charge in [-0.25, -0.2) is 4.90 Å². The number of carbonyl (C=O) groups excluding carboxylic acids is 2. The second-order valence-electron chi connectivity index (χ2n) is 4.21. The molecular weight excluding hydrogens is 321 g/mol. The molecule has 0 bridgehead atoms. The van der Waals surface area contributed by atoms with Gasteiger partial charge in [0.2, 0.25) is 0 Å². The fourth-order valence-electron chi connectivity index (χ4n) is 2.12. The maximum Gasteiger partial charge on any atom is 0.266 e. The van der Waals surface area contributed by atoms with Crippen molar-refractivity contribution in [3.8, 4) is 0 Å². The number of para-hydroxylation sites is 1. The van der Waals surface area contributed by atoms with Crippen LogP contribution in [0.5, 0.6) is 0 Å². The van der Waals surface area contributed by atoms with E-state index >= 15 is 0 Å². The summed E-state index contributed by atoms with van der Waals surface area (Å²) >= 11 is 18.0. The molecule has 0 aromatic heterocycles. The number of amides is 2. The molecule has 0 unspecified atom stereocenters. The van der Waals surface area contributed by atoms with E-state index in [9.17, 15) is 9.59 Å². The first-order valence-electron chi connectivity index (χ1n) is 5.63. The van der Waals surface area contributed by atoms with Gasteiger partial charge >= 0.3 is 0 Å². The highest BCUT2D eigenvalue weighted by molar-refractivity contribution is 6.45. The molecule has 0 radical (unpaired) electrons. The molecule has 3 nitrogen and oxygen atoms in total. The largest absolute Gasteiger partial charge is 0.268 e. The number of benzene rings is 2. The van der Waals surface area contributed by atoms with Crippen LogP contribution in [0.15, 0.2) is 36.4 Å². The van der Waals surface area contributed by atoms with Gasteiger partial charge in [-0.15, -0.1) is 0 Å². The minimum absolute atomic E-state index is 0.193. The molecule has 20 heavy (non-hydrogen) atoms.